The van der Waals surface area contributed by atoms with E-state index in [1.807, 2.05) is 18.4 Å². The van der Waals surface area contributed by atoms with E-state index < -0.39 is 17.9 Å². The van der Waals surface area contributed by atoms with Gasteiger partial charge >= 0.3 is 0 Å². The van der Waals surface area contributed by atoms with Crippen molar-refractivity contribution in [2.45, 2.75) is 31.7 Å². The van der Waals surface area contributed by atoms with Crippen molar-refractivity contribution >= 4 is 40.3 Å². The number of thioether (sulfide) groups is 1. The molecule has 1 heterocycles. The minimum Gasteiger partial charge on any atom is -0.356 e. The molecule has 3 atom stereocenters. The average molecular weight is 514 g/mol. The fourth-order valence-electron chi connectivity index (χ4n) is 4.59. The van der Waals surface area contributed by atoms with Gasteiger partial charge in [0.05, 0.1) is 17.9 Å². The molecule has 0 spiro atoms. The maximum Gasteiger partial charge on any atom is 0.239 e. The molecule has 2 aromatic rings. The second-order valence-electron chi connectivity index (χ2n) is 9.35. The minimum atomic E-state index is -0.625. The molecule has 0 aromatic heterocycles. The first-order valence-electron chi connectivity index (χ1n) is 12.7. The molecule has 2 aromatic carbocycles. The first-order chi connectivity index (χ1) is 17.4. The molecule has 1 aliphatic rings. The second kappa shape index (κ2) is 14.2. The van der Waals surface area contributed by atoms with Crippen molar-refractivity contribution in [3.63, 3.8) is 0 Å². The molecule has 36 heavy (non-hydrogen) atoms. The van der Waals surface area contributed by atoms with Gasteiger partial charge in [-0.2, -0.15) is 11.8 Å². The largest absolute Gasteiger partial charge is 0.356 e. The molecule has 0 unspecified atom stereocenters. The predicted octanol–water partition coefficient (Wildman–Crippen LogP) is 1.51. The Kier molecular flexibility index (Phi) is 11.0. The number of hydrogen-bond donors (Lipinski definition) is 4. The van der Waals surface area contributed by atoms with Crippen LogP contribution in [0.2, 0.25) is 0 Å². The number of carbonyl (C=O) groups excluding carboxylic acids is 3. The van der Waals surface area contributed by atoms with Gasteiger partial charge in [-0.15, -0.1) is 0 Å². The van der Waals surface area contributed by atoms with E-state index in [0.717, 1.165) is 29.5 Å². The molecule has 196 valence electrons. The van der Waals surface area contributed by atoms with Crippen LogP contribution in [0.15, 0.2) is 42.5 Å². The van der Waals surface area contributed by atoms with Crippen LogP contribution in [0.3, 0.4) is 0 Å². The second-order valence-corrected chi connectivity index (χ2v) is 10.3. The van der Waals surface area contributed by atoms with Crippen LogP contribution in [0.25, 0.3) is 10.8 Å². The highest BCUT2D eigenvalue weighted by molar-refractivity contribution is 7.98. The summed E-state index contributed by atoms with van der Waals surface area (Å²) in [5, 5.41) is 8.26. The summed E-state index contributed by atoms with van der Waals surface area (Å²) in [6.07, 6.45) is 4.81. The van der Waals surface area contributed by atoms with E-state index in [0.29, 0.717) is 32.5 Å². The van der Waals surface area contributed by atoms with Crippen LogP contribution >= 0.6 is 11.8 Å². The molecule has 6 N–H and O–H groups in total. The highest BCUT2D eigenvalue weighted by atomic mass is 32.2. The van der Waals surface area contributed by atoms with Crippen molar-refractivity contribution < 1.29 is 14.4 Å². The normalized spacial score (nSPS) is 18.2. The van der Waals surface area contributed by atoms with Crippen LogP contribution in [0.1, 0.15) is 24.8 Å². The Labute approximate surface area is 217 Å². The number of nitrogens with zero attached hydrogens (tertiary/aromatic N) is 1. The Morgan fingerprint density at radius 1 is 1.00 bits per heavy atom. The highest BCUT2D eigenvalue weighted by Gasteiger charge is 2.44. The number of nitrogens with one attached hydrogen (secondary N) is 2. The summed E-state index contributed by atoms with van der Waals surface area (Å²) in [6.45, 7) is 1.94. The molecule has 3 rings (SSSR count). The Bertz CT molecular complexity index is 1030. The topological polar surface area (TPSA) is 131 Å². The lowest BCUT2D eigenvalue weighted by atomic mass is 9.94. The van der Waals surface area contributed by atoms with Crippen molar-refractivity contribution in [1.82, 2.24) is 15.5 Å². The number of rotatable bonds is 13. The lowest BCUT2D eigenvalue weighted by molar-refractivity contribution is -0.132. The fraction of sp³-hybridized carbons (Fsp3) is 0.519. The summed E-state index contributed by atoms with van der Waals surface area (Å²) in [5.74, 6) is -1.02. The predicted molar refractivity (Wildman–Crippen MR) is 146 cm³/mol. The molecule has 0 radical (unpaired) electrons. The number of unbranched alkanes of at least 4 members (excludes halogenated alkanes) is 1. The van der Waals surface area contributed by atoms with Gasteiger partial charge in [-0.1, -0.05) is 42.5 Å². The zero-order valence-electron chi connectivity index (χ0n) is 21.1. The van der Waals surface area contributed by atoms with Gasteiger partial charge in [-0.05, 0) is 60.6 Å². The summed E-state index contributed by atoms with van der Waals surface area (Å²) < 4.78 is 0. The van der Waals surface area contributed by atoms with E-state index in [9.17, 15) is 14.4 Å². The highest BCUT2D eigenvalue weighted by Crippen LogP contribution is 2.25. The Morgan fingerprint density at radius 3 is 2.33 bits per heavy atom. The van der Waals surface area contributed by atoms with Crippen LogP contribution < -0.4 is 22.1 Å². The van der Waals surface area contributed by atoms with E-state index in [1.54, 1.807) is 16.7 Å². The van der Waals surface area contributed by atoms with Crippen molar-refractivity contribution in [2.75, 3.05) is 44.7 Å². The van der Waals surface area contributed by atoms with Crippen LogP contribution in [-0.2, 0) is 20.8 Å². The van der Waals surface area contributed by atoms with Gasteiger partial charge in [0.1, 0.15) is 0 Å². The Balaban J connectivity index is 1.61. The molecule has 1 saturated heterocycles. The Hall–Kier alpha value is -2.62. The van der Waals surface area contributed by atoms with Gasteiger partial charge in [0.15, 0.2) is 0 Å². The number of amides is 3. The molecule has 8 nitrogen and oxygen atoms in total. The number of nitrogens with two attached hydrogens (primary N) is 2. The van der Waals surface area contributed by atoms with E-state index >= 15 is 0 Å². The van der Waals surface area contributed by atoms with Crippen molar-refractivity contribution in [3.8, 4) is 0 Å². The lowest BCUT2D eigenvalue weighted by Crippen LogP contribution is -2.44. The van der Waals surface area contributed by atoms with Gasteiger partial charge in [0.25, 0.3) is 0 Å². The summed E-state index contributed by atoms with van der Waals surface area (Å²) in [4.78, 5) is 40.6. The van der Waals surface area contributed by atoms with E-state index in [2.05, 4.69) is 41.0 Å². The summed E-state index contributed by atoms with van der Waals surface area (Å²) in [6, 6.07) is 13.8. The molecule has 1 aliphatic heterocycles. The summed E-state index contributed by atoms with van der Waals surface area (Å²) >= 11 is 1.63. The summed E-state index contributed by atoms with van der Waals surface area (Å²) in [7, 11) is 0. The van der Waals surface area contributed by atoms with Crippen molar-refractivity contribution in [2.24, 2.45) is 23.3 Å². The monoisotopic (exact) mass is 513 g/mol. The van der Waals surface area contributed by atoms with Crippen molar-refractivity contribution in [1.29, 1.82) is 0 Å². The maximum atomic E-state index is 13.2. The molecular formula is C27H39N5O3S. The van der Waals surface area contributed by atoms with Crippen LogP contribution in [-0.4, -0.2) is 73.4 Å². The molecule has 9 heteroatoms. The van der Waals surface area contributed by atoms with Gasteiger partial charge < -0.3 is 27.0 Å². The van der Waals surface area contributed by atoms with Crippen LogP contribution in [0.4, 0.5) is 0 Å². The molecule has 0 saturated carbocycles. The zero-order valence-corrected chi connectivity index (χ0v) is 21.9. The molecule has 1 fully saturated rings. The van der Waals surface area contributed by atoms with Gasteiger partial charge in [0, 0.05) is 26.2 Å². The van der Waals surface area contributed by atoms with Crippen LogP contribution in [0, 0.1) is 11.8 Å². The standard InChI is InChI=1S/C27H39N5O3S/c1-36-15-11-24(29)27(35)32-17-22(25(33)30-13-5-4-12-28)23(18-32)26(34)31-14-10-19-8-9-20-6-2-3-7-21(20)16-19/h2-3,6-9,16,22-24H,4-5,10-15,17-18,28-29H2,1H3,(H,30,33)(H,31,34)/t22-,23-,24+/m1/s1. The lowest BCUT2D eigenvalue weighted by Gasteiger charge is -2.20. The molecule has 3 amide bonds. The summed E-state index contributed by atoms with van der Waals surface area (Å²) in [5.41, 5.74) is 12.8. The first kappa shape index (κ1) is 28.0. The number of fused-ring (bicyclic) bond motifs is 1. The number of likely N-dealkylation sites (tertiary alicyclic amines) is 1. The number of hydrogen-bond acceptors (Lipinski definition) is 6. The molecule has 0 aliphatic carbocycles. The van der Waals surface area contributed by atoms with Gasteiger partial charge in [-0.3, -0.25) is 14.4 Å². The number of carbonyl (C=O) groups is 3. The SMILES string of the molecule is CSCC[C@H](N)C(=O)N1C[C@@H](C(=O)NCCCCN)[C@H](C(=O)NCCc2ccc3ccccc3c2)C1. The van der Waals surface area contributed by atoms with Gasteiger partial charge in [-0.25, -0.2) is 0 Å². The quantitative estimate of drug-likeness (QED) is 0.300. The third kappa shape index (κ3) is 7.69. The van der Waals surface area contributed by atoms with E-state index in [1.165, 1.54) is 5.39 Å². The average Bonchev–Trinajstić information content (AvgIpc) is 3.35. The van der Waals surface area contributed by atoms with E-state index in [4.69, 9.17) is 11.5 Å². The molecule has 0 bridgehead atoms. The van der Waals surface area contributed by atoms with Crippen LogP contribution in [0.5, 0.6) is 0 Å². The Morgan fingerprint density at radius 2 is 1.67 bits per heavy atom. The zero-order chi connectivity index (χ0) is 25.9. The van der Waals surface area contributed by atoms with Gasteiger partial charge in [0.2, 0.25) is 17.7 Å². The molecular weight excluding hydrogens is 474 g/mol. The fourth-order valence-corrected chi connectivity index (χ4v) is 5.07. The first-order valence-corrected chi connectivity index (χ1v) is 14.1. The number of benzene rings is 2. The third-order valence-corrected chi connectivity index (χ3v) is 7.36. The van der Waals surface area contributed by atoms with Crippen molar-refractivity contribution in [3.05, 3.63) is 48.0 Å². The maximum absolute atomic E-state index is 13.2. The minimum absolute atomic E-state index is 0.198. The smallest absolute Gasteiger partial charge is 0.239 e. The third-order valence-electron chi connectivity index (χ3n) is 6.71. The van der Waals surface area contributed by atoms with E-state index in [-0.39, 0.29) is 30.8 Å².